The summed E-state index contributed by atoms with van der Waals surface area (Å²) in [6, 6.07) is 5.71. The highest BCUT2D eigenvalue weighted by atomic mass is 35.5. The summed E-state index contributed by atoms with van der Waals surface area (Å²) in [6.07, 6.45) is 1.21. The molecule has 0 N–H and O–H groups in total. The van der Waals surface area contributed by atoms with Crippen LogP contribution in [-0.2, 0) is 6.54 Å². The van der Waals surface area contributed by atoms with Crippen molar-refractivity contribution in [3.8, 4) is 0 Å². The molecule has 0 aliphatic heterocycles. The highest BCUT2D eigenvalue weighted by Gasteiger charge is 2.06. The number of nitrogens with zero attached hydrogens (tertiary/aromatic N) is 1. The zero-order valence-electron chi connectivity index (χ0n) is 10.1. The minimum atomic E-state index is 0.708. The molecule has 0 fully saturated rings. The average molecular weight is 260 g/mol. The van der Waals surface area contributed by atoms with Crippen molar-refractivity contribution in [2.75, 3.05) is 13.6 Å². The molecule has 1 aromatic carbocycles. The normalized spacial score (nSPS) is 13.1. The lowest BCUT2D eigenvalue weighted by atomic mass is 10.1. The van der Waals surface area contributed by atoms with Gasteiger partial charge in [0.15, 0.2) is 0 Å². The fraction of sp³-hybridized carbons (Fsp3) is 0.538. The first kappa shape index (κ1) is 13.8. The van der Waals surface area contributed by atoms with E-state index in [1.54, 1.807) is 6.07 Å². The highest BCUT2D eigenvalue weighted by Crippen LogP contribution is 2.20. The third kappa shape index (κ3) is 4.73. The molecule has 1 rings (SSSR count). The second-order valence-corrected chi connectivity index (χ2v) is 5.36. The molecular weight excluding hydrogens is 241 g/mol. The molecule has 0 aliphatic rings. The standard InChI is InChI=1S/C13H19Cl2N/c1-4-10(2)8-16(3)9-11-5-12(14)7-13(15)6-11/h5-7,10H,4,8-9H2,1-3H3. The van der Waals surface area contributed by atoms with E-state index in [0.29, 0.717) is 10.0 Å². The lowest BCUT2D eigenvalue weighted by molar-refractivity contribution is 0.275. The Kier molecular flexibility index (Phi) is 5.60. The maximum Gasteiger partial charge on any atom is 0.0424 e. The van der Waals surface area contributed by atoms with Gasteiger partial charge in [0, 0.05) is 23.1 Å². The van der Waals surface area contributed by atoms with E-state index in [0.717, 1.165) is 19.0 Å². The minimum Gasteiger partial charge on any atom is -0.302 e. The van der Waals surface area contributed by atoms with E-state index in [-0.39, 0.29) is 0 Å². The Bertz CT molecular complexity index is 318. The van der Waals surface area contributed by atoms with Crippen molar-refractivity contribution in [2.24, 2.45) is 5.92 Å². The Hall–Kier alpha value is -0.240. The Morgan fingerprint density at radius 1 is 1.19 bits per heavy atom. The fourth-order valence-corrected chi connectivity index (χ4v) is 2.31. The van der Waals surface area contributed by atoms with Gasteiger partial charge in [0.05, 0.1) is 0 Å². The molecule has 0 amide bonds. The highest BCUT2D eigenvalue weighted by molar-refractivity contribution is 6.34. The van der Waals surface area contributed by atoms with Gasteiger partial charge >= 0.3 is 0 Å². The van der Waals surface area contributed by atoms with E-state index in [2.05, 4.69) is 25.8 Å². The van der Waals surface area contributed by atoms with Crippen molar-refractivity contribution in [3.63, 3.8) is 0 Å². The molecule has 0 bridgehead atoms. The van der Waals surface area contributed by atoms with Crippen LogP contribution >= 0.6 is 23.2 Å². The van der Waals surface area contributed by atoms with Crippen LogP contribution in [0.2, 0.25) is 10.0 Å². The molecule has 1 aromatic rings. The van der Waals surface area contributed by atoms with E-state index in [1.807, 2.05) is 12.1 Å². The number of hydrogen-bond acceptors (Lipinski definition) is 1. The van der Waals surface area contributed by atoms with Crippen LogP contribution < -0.4 is 0 Å². The van der Waals surface area contributed by atoms with Gasteiger partial charge in [-0.15, -0.1) is 0 Å². The molecule has 0 spiro atoms. The second kappa shape index (κ2) is 6.48. The summed E-state index contributed by atoms with van der Waals surface area (Å²) in [6.45, 7) is 6.47. The predicted molar refractivity (Wildman–Crippen MR) is 72.3 cm³/mol. The quantitative estimate of drug-likeness (QED) is 0.754. The van der Waals surface area contributed by atoms with Gasteiger partial charge in [0.2, 0.25) is 0 Å². The summed E-state index contributed by atoms with van der Waals surface area (Å²) in [4.78, 5) is 2.30. The minimum absolute atomic E-state index is 0.708. The second-order valence-electron chi connectivity index (χ2n) is 4.49. The zero-order chi connectivity index (χ0) is 12.1. The lowest BCUT2D eigenvalue weighted by Crippen LogP contribution is -2.23. The van der Waals surface area contributed by atoms with Crippen LogP contribution in [0.5, 0.6) is 0 Å². The Labute approximate surface area is 108 Å². The van der Waals surface area contributed by atoms with E-state index in [1.165, 1.54) is 12.0 Å². The van der Waals surface area contributed by atoms with Crippen molar-refractivity contribution in [1.29, 1.82) is 0 Å². The number of halogens is 2. The summed E-state index contributed by atoms with van der Waals surface area (Å²) in [5.41, 5.74) is 1.17. The fourth-order valence-electron chi connectivity index (χ4n) is 1.74. The number of hydrogen-bond donors (Lipinski definition) is 0. The maximum atomic E-state index is 5.96. The van der Waals surface area contributed by atoms with Crippen LogP contribution in [0.15, 0.2) is 18.2 Å². The molecule has 0 saturated heterocycles. The van der Waals surface area contributed by atoms with Crippen molar-refractivity contribution in [3.05, 3.63) is 33.8 Å². The molecule has 0 heterocycles. The number of rotatable bonds is 5. The molecular formula is C13H19Cl2N. The zero-order valence-corrected chi connectivity index (χ0v) is 11.6. The Balaban J connectivity index is 2.58. The van der Waals surface area contributed by atoms with E-state index in [4.69, 9.17) is 23.2 Å². The van der Waals surface area contributed by atoms with Gasteiger partial charge in [-0.05, 0) is 36.7 Å². The largest absolute Gasteiger partial charge is 0.302 e. The summed E-state index contributed by atoms with van der Waals surface area (Å²) < 4.78 is 0. The van der Waals surface area contributed by atoms with Crippen LogP contribution in [0.1, 0.15) is 25.8 Å². The van der Waals surface area contributed by atoms with Gasteiger partial charge in [-0.2, -0.15) is 0 Å². The molecule has 1 nitrogen and oxygen atoms in total. The average Bonchev–Trinajstić information content (AvgIpc) is 2.15. The number of benzene rings is 1. The first-order chi connectivity index (χ1) is 7.51. The third-order valence-electron chi connectivity index (χ3n) is 2.70. The maximum absolute atomic E-state index is 5.96. The van der Waals surface area contributed by atoms with E-state index in [9.17, 15) is 0 Å². The van der Waals surface area contributed by atoms with Crippen molar-refractivity contribution in [2.45, 2.75) is 26.8 Å². The molecule has 16 heavy (non-hydrogen) atoms. The van der Waals surface area contributed by atoms with Crippen LogP contribution in [-0.4, -0.2) is 18.5 Å². The van der Waals surface area contributed by atoms with Crippen molar-refractivity contribution < 1.29 is 0 Å². The van der Waals surface area contributed by atoms with E-state index >= 15 is 0 Å². The molecule has 0 saturated carbocycles. The molecule has 0 radical (unpaired) electrons. The summed E-state index contributed by atoms with van der Waals surface area (Å²) in [5.74, 6) is 0.722. The smallest absolute Gasteiger partial charge is 0.0424 e. The molecule has 0 aromatic heterocycles. The SMILES string of the molecule is CCC(C)CN(C)Cc1cc(Cl)cc(Cl)c1. The van der Waals surface area contributed by atoms with E-state index < -0.39 is 0 Å². The summed E-state index contributed by atoms with van der Waals surface area (Å²) >= 11 is 11.9. The van der Waals surface area contributed by atoms with Gasteiger partial charge in [-0.1, -0.05) is 43.5 Å². The molecule has 0 aliphatic carbocycles. The van der Waals surface area contributed by atoms with Crippen LogP contribution in [0.3, 0.4) is 0 Å². The third-order valence-corrected chi connectivity index (χ3v) is 3.13. The predicted octanol–water partition coefficient (Wildman–Crippen LogP) is 4.47. The Morgan fingerprint density at radius 3 is 2.25 bits per heavy atom. The first-order valence-corrected chi connectivity index (χ1v) is 6.40. The topological polar surface area (TPSA) is 3.24 Å². The summed E-state index contributed by atoms with van der Waals surface area (Å²) in [5, 5.41) is 1.42. The van der Waals surface area contributed by atoms with Gasteiger partial charge in [0.25, 0.3) is 0 Å². The van der Waals surface area contributed by atoms with Gasteiger partial charge in [0.1, 0.15) is 0 Å². The monoisotopic (exact) mass is 259 g/mol. The van der Waals surface area contributed by atoms with Gasteiger partial charge in [-0.25, -0.2) is 0 Å². The first-order valence-electron chi connectivity index (χ1n) is 5.64. The van der Waals surface area contributed by atoms with Crippen molar-refractivity contribution >= 4 is 23.2 Å². The van der Waals surface area contributed by atoms with Crippen LogP contribution in [0, 0.1) is 5.92 Å². The molecule has 3 heteroatoms. The van der Waals surface area contributed by atoms with Gasteiger partial charge < -0.3 is 4.90 Å². The summed E-state index contributed by atoms with van der Waals surface area (Å²) in [7, 11) is 2.13. The van der Waals surface area contributed by atoms with Crippen molar-refractivity contribution in [1.82, 2.24) is 4.90 Å². The van der Waals surface area contributed by atoms with Crippen LogP contribution in [0.25, 0.3) is 0 Å². The lowest BCUT2D eigenvalue weighted by Gasteiger charge is -2.20. The Morgan fingerprint density at radius 2 is 1.75 bits per heavy atom. The molecule has 1 atom stereocenters. The van der Waals surface area contributed by atoms with Crippen LogP contribution in [0.4, 0.5) is 0 Å². The molecule has 90 valence electrons. The van der Waals surface area contributed by atoms with Gasteiger partial charge in [-0.3, -0.25) is 0 Å². The molecule has 1 unspecified atom stereocenters.